The second-order valence-corrected chi connectivity index (χ2v) is 4.09. The molecule has 0 saturated heterocycles. The Morgan fingerprint density at radius 2 is 2.25 bits per heavy atom. The molecule has 86 valence electrons. The number of nitrogens with zero attached hydrogens (tertiary/aromatic N) is 4. The first kappa shape index (κ1) is 10.9. The number of aliphatic hydroxyl groups is 1. The normalized spacial score (nSPS) is 11.2. The number of hydrogen-bond donors (Lipinski definition) is 1. The van der Waals surface area contributed by atoms with Gasteiger partial charge in [-0.05, 0) is 19.9 Å². The first-order valence-electron chi connectivity index (χ1n) is 5.35. The molecule has 2 heterocycles. The Bertz CT molecular complexity index is 458. The van der Waals surface area contributed by atoms with Crippen LogP contribution in [0.5, 0.6) is 0 Å². The molecule has 2 aromatic rings. The standard InChI is InChI=1S/C11H16N4O/c1-9(2)15-4-3-11(13-15)7-14-6-10(8-16)5-12-14/h3-6,9,16H,7-8H2,1-2H3. The van der Waals surface area contributed by atoms with Crippen LogP contribution in [0.2, 0.25) is 0 Å². The molecule has 5 nitrogen and oxygen atoms in total. The largest absolute Gasteiger partial charge is 0.392 e. The molecule has 0 aromatic carbocycles. The summed E-state index contributed by atoms with van der Waals surface area (Å²) in [5.41, 5.74) is 1.80. The molecule has 0 aliphatic heterocycles. The van der Waals surface area contributed by atoms with Crippen molar-refractivity contribution in [2.75, 3.05) is 0 Å². The van der Waals surface area contributed by atoms with Gasteiger partial charge in [-0.25, -0.2) is 0 Å². The molecule has 0 saturated carbocycles. The van der Waals surface area contributed by atoms with Crippen LogP contribution < -0.4 is 0 Å². The number of aliphatic hydroxyl groups excluding tert-OH is 1. The molecule has 0 aliphatic rings. The lowest BCUT2D eigenvalue weighted by Gasteiger charge is -2.03. The predicted octanol–water partition coefficient (Wildman–Crippen LogP) is 1.20. The minimum absolute atomic E-state index is 0.0282. The molecule has 0 bridgehead atoms. The van der Waals surface area contributed by atoms with Crippen LogP contribution >= 0.6 is 0 Å². The van der Waals surface area contributed by atoms with Crippen molar-refractivity contribution < 1.29 is 5.11 Å². The average molecular weight is 220 g/mol. The zero-order valence-electron chi connectivity index (χ0n) is 9.54. The van der Waals surface area contributed by atoms with Gasteiger partial charge >= 0.3 is 0 Å². The Hall–Kier alpha value is -1.62. The monoisotopic (exact) mass is 220 g/mol. The van der Waals surface area contributed by atoms with E-state index in [0.717, 1.165) is 11.3 Å². The van der Waals surface area contributed by atoms with Crippen molar-refractivity contribution in [1.82, 2.24) is 19.6 Å². The van der Waals surface area contributed by atoms with E-state index in [4.69, 9.17) is 5.11 Å². The molecule has 2 rings (SSSR count). The van der Waals surface area contributed by atoms with Gasteiger partial charge in [0.05, 0.1) is 25.0 Å². The van der Waals surface area contributed by atoms with E-state index in [1.54, 1.807) is 10.9 Å². The van der Waals surface area contributed by atoms with E-state index in [2.05, 4.69) is 24.0 Å². The summed E-state index contributed by atoms with van der Waals surface area (Å²) < 4.78 is 3.70. The molecule has 0 aliphatic carbocycles. The van der Waals surface area contributed by atoms with Crippen molar-refractivity contribution in [3.05, 3.63) is 35.9 Å². The highest BCUT2D eigenvalue weighted by Crippen LogP contribution is 2.06. The lowest BCUT2D eigenvalue weighted by Crippen LogP contribution is -2.04. The van der Waals surface area contributed by atoms with Gasteiger partial charge in [0.25, 0.3) is 0 Å². The van der Waals surface area contributed by atoms with E-state index in [1.807, 2.05) is 23.1 Å². The van der Waals surface area contributed by atoms with Crippen molar-refractivity contribution in [3.8, 4) is 0 Å². The highest BCUT2D eigenvalue weighted by Gasteiger charge is 2.03. The van der Waals surface area contributed by atoms with Gasteiger partial charge in [0.2, 0.25) is 0 Å². The first-order valence-corrected chi connectivity index (χ1v) is 5.35. The lowest BCUT2D eigenvalue weighted by atomic mass is 10.4. The highest BCUT2D eigenvalue weighted by atomic mass is 16.3. The maximum absolute atomic E-state index is 8.92. The van der Waals surface area contributed by atoms with E-state index >= 15 is 0 Å². The Morgan fingerprint density at radius 3 is 2.81 bits per heavy atom. The maximum atomic E-state index is 8.92. The van der Waals surface area contributed by atoms with Gasteiger partial charge in [-0.3, -0.25) is 9.36 Å². The second-order valence-electron chi connectivity index (χ2n) is 4.09. The molecule has 0 fully saturated rings. The zero-order chi connectivity index (χ0) is 11.5. The number of rotatable bonds is 4. The second kappa shape index (κ2) is 4.49. The number of aromatic nitrogens is 4. The minimum atomic E-state index is 0.0282. The molecule has 0 amide bonds. The molecular formula is C11H16N4O. The third-order valence-corrected chi connectivity index (χ3v) is 2.39. The van der Waals surface area contributed by atoms with Crippen LogP contribution in [0.3, 0.4) is 0 Å². The van der Waals surface area contributed by atoms with Crippen LogP contribution in [0.4, 0.5) is 0 Å². The molecule has 5 heteroatoms. The van der Waals surface area contributed by atoms with Gasteiger partial charge in [-0.15, -0.1) is 0 Å². The fourth-order valence-electron chi connectivity index (χ4n) is 1.49. The fraction of sp³-hybridized carbons (Fsp3) is 0.455. The zero-order valence-corrected chi connectivity index (χ0v) is 9.54. The summed E-state index contributed by atoms with van der Waals surface area (Å²) in [6.07, 6.45) is 5.46. The fourth-order valence-corrected chi connectivity index (χ4v) is 1.49. The SMILES string of the molecule is CC(C)n1ccc(Cn2cc(CO)cn2)n1. The molecule has 0 radical (unpaired) electrons. The van der Waals surface area contributed by atoms with Gasteiger partial charge in [0.1, 0.15) is 0 Å². The molecule has 2 aromatic heterocycles. The van der Waals surface area contributed by atoms with Crippen molar-refractivity contribution in [2.24, 2.45) is 0 Å². The highest BCUT2D eigenvalue weighted by molar-refractivity contribution is 5.05. The quantitative estimate of drug-likeness (QED) is 0.842. The van der Waals surface area contributed by atoms with Gasteiger partial charge in [0.15, 0.2) is 0 Å². The summed E-state index contributed by atoms with van der Waals surface area (Å²) >= 11 is 0. The first-order chi connectivity index (χ1) is 7.69. The maximum Gasteiger partial charge on any atom is 0.0849 e. The van der Waals surface area contributed by atoms with Crippen LogP contribution in [0, 0.1) is 0 Å². The third kappa shape index (κ3) is 2.30. The van der Waals surface area contributed by atoms with Crippen LogP contribution in [0.25, 0.3) is 0 Å². The topological polar surface area (TPSA) is 55.9 Å². The van der Waals surface area contributed by atoms with Gasteiger partial charge in [-0.1, -0.05) is 0 Å². The van der Waals surface area contributed by atoms with Gasteiger partial charge in [-0.2, -0.15) is 10.2 Å². The summed E-state index contributed by atoms with van der Waals surface area (Å²) in [4.78, 5) is 0. The minimum Gasteiger partial charge on any atom is -0.392 e. The van der Waals surface area contributed by atoms with Crippen molar-refractivity contribution >= 4 is 0 Å². The van der Waals surface area contributed by atoms with E-state index in [-0.39, 0.29) is 6.61 Å². The summed E-state index contributed by atoms with van der Waals surface area (Å²) in [6.45, 7) is 4.85. The summed E-state index contributed by atoms with van der Waals surface area (Å²) in [5.74, 6) is 0. The molecule has 0 unspecified atom stereocenters. The smallest absolute Gasteiger partial charge is 0.0849 e. The molecule has 1 N–H and O–H groups in total. The van der Waals surface area contributed by atoms with Gasteiger partial charge < -0.3 is 5.11 Å². The Kier molecular flexibility index (Phi) is 3.05. The van der Waals surface area contributed by atoms with Crippen LogP contribution in [-0.2, 0) is 13.2 Å². The van der Waals surface area contributed by atoms with Gasteiger partial charge in [0, 0.05) is 24.0 Å². The third-order valence-electron chi connectivity index (χ3n) is 2.39. The molecule has 0 atom stereocenters. The lowest BCUT2D eigenvalue weighted by molar-refractivity contribution is 0.281. The summed E-state index contributed by atoms with van der Waals surface area (Å²) in [7, 11) is 0. The summed E-state index contributed by atoms with van der Waals surface area (Å²) in [6, 6.07) is 2.36. The van der Waals surface area contributed by atoms with Crippen LogP contribution in [0.15, 0.2) is 24.7 Å². The predicted molar refractivity (Wildman–Crippen MR) is 59.9 cm³/mol. The van der Waals surface area contributed by atoms with E-state index in [0.29, 0.717) is 12.6 Å². The summed E-state index contributed by atoms with van der Waals surface area (Å²) in [5, 5.41) is 17.5. The Labute approximate surface area is 94.3 Å². The Morgan fingerprint density at radius 1 is 1.44 bits per heavy atom. The van der Waals surface area contributed by atoms with E-state index in [1.165, 1.54) is 0 Å². The molecular weight excluding hydrogens is 204 g/mol. The molecule has 0 spiro atoms. The Balaban J connectivity index is 2.08. The van der Waals surface area contributed by atoms with Crippen molar-refractivity contribution in [2.45, 2.75) is 33.0 Å². The van der Waals surface area contributed by atoms with Crippen LogP contribution in [0.1, 0.15) is 31.1 Å². The van der Waals surface area contributed by atoms with E-state index in [9.17, 15) is 0 Å². The molecule has 16 heavy (non-hydrogen) atoms. The van der Waals surface area contributed by atoms with E-state index < -0.39 is 0 Å². The average Bonchev–Trinajstić information content (AvgIpc) is 2.87. The van der Waals surface area contributed by atoms with Crippen LogP contribution in [-0.4, -0.2) is 24.7 Å². The number of hydrogen-bond acceptors (Lipinski definition) is 3. The van der Waals surface area contributed by atoms with Crippen molar-refractivity contribution in [1.29, 1.82) is 0 Å². The van der Waals surface area contributed by atoms with Crippen molar-refractivity contribution in [3.63, 3.8) is 0 Å².